The molecule has 1 saturated heterocycles. The number of carbonyl (C=O) groups excluding carboxylic acids is 2. The Bertz CT molecular complexity index is 600. The number of rotatable bonds is 4. The van der Waals surface area contributed by atoms with Crippen LogP contribution < -0.4 is 4.74 Å². The lowest BCUT2D eigenvalue weighted by atomic mass is 9.80. The summed E-state index contributed by atoms with van der Waals surface area (Å²) in [6.45, 7) is 2.75. The second-order valence-electron chi connectivity index (χ2n) is 6.73. The lowest BCUT2D eigenvalue weighted by Crippen LogP contribution is -2.52. The molecule has 1 aromatic rings. The van der Waals surface area contributed by atoms with Crippen LogP contribution >= 0.6 is 0 Å². The van der Waals surface area contributed by atoms with Crippen molar-refractivity contribution in [3.63, 3.8) is 0 Å². The predicted molar refractivity (Wildman–Crippen MR) is 90.0 cm³/mol. The van der Waals surface area contributed by atoms with E-state index in [9.17, 15) is 9.59 Å². The third kappa shape index (κ3) is 3.25. The number of ether oxygens (including phenoxy) is 2. The third-order valence-electron chi connectivity index (χ3n) is 5.33. The van der Waals surface area contributed by atoms with Gasteiger partial charge in [0.15, 0.2) is 0 Å². The molecule has 130 valence electrons. The molecule has 2 fully saturated rings. The molecule has 0 aromatic heterocycles. The fraction of sp³-hybridized carbons (Fsp3) is 0.579. The van der Waals surface area contributed by atoms with Gasteiger partial charge in [0.2, 0.25) is 0 Å². The molecule has 0 bridgehead atoms. The minimum Gasteiger partial charge on any atom is -0.497 e. The van der Waals surface area contributed by atoms with Gasteiger partial charge in [0.05, 0.1) is 13.2 Å². The second kappa shape index (κ2) is 6.83. The van der Waals surface area contributed by atoms with Crippen LogP contribution in [0.3, 0.4) is 0 Å². The fourth-order valence-electron chi connectivity index (χ4n) is 3.79. The molecule has 2 aliphatic rings. The van der Waals surface area contributed by atoms with Crippen LogP contribution in [0.15, 0.2) is 24.3 Å². The first-order valence-electron chi connectivity index (χ1n) is 8.72. The number of hydrogen-bond acceptors (Lipinski definition) is 4. The van der Waals surface area contributed by atoms with E-state index in [0.717, 1.165) is 24.2 Å². The van der Waals surface area contributed by atoms with Crippen molar-refractivity contribution in [3.05, 3.63) is 29.8 Å². The highest BCUT2D eigenvalue weighted by atomic mass is 16.6. The van der Waals surface area contributed by atoms with Gasteiger partial charge in [0.1, 0.15) is 17.1 Å². The highest BCUT2D eigenvalue weighted by Crippen LogP contribution is 2.39. The topological polar surface area (TPSA) is 55.8 Å². The summed E-state index contributed by atoms with van der Waals surface area (Å²) in [5, 5.41) is 0. The molecule has 1 saturated carbocycles. The standard InChI is InChI=1S/C19H25NO4/c1-3-17(14-4-6-16(23-2)7-5-14)20-13-12-19(24-18(20)22)10-8-15(21)9-11-19/h4-7,17H,3,8-13H2,1-2H3. The monoisotopic (exact) mass is 331 g/mol. The van der Waals surface area contributed by atoms with Gasteiger partial charge in [-0.15, -0.1) is 0 Å². The van der Waals surface area contributed by atoms with Gasteiger partial charge in [-0.1, -0.05) is 19.1 Å². The Hall–Kier alpha value is -2.04. The molecule has 1 heterocycles. The Balaban J connectivity index is 1.72. The number of methoxy groups -OCH3 is 1. The zero-order chi connectivity index (χ0) is 17.2. The number of Topliss-reactive ketones (excluding diaryl/α,β-unsaturated/α-hetero) is 1. The highest BCUT2D eigenvalue weighted by Gasteiger charge is 2.44. The maximum Gasteiger partial charge on any atom is 0.410 e. The van der Waals surface area contributed by atoms with E-state index in [-0.39, 0.29) is 17.9 Å². The summed E-state index contributed by atoms with van der Waals surface area (Å²) in [7, 11) is 1.64. The van der Waals surface area contributed by atoms with Gasteiger partial charge in [0.25, 0.3) is 0 Å². The van der Waals surface area contributed by atoms with E-state index < -0.39 is 5.60 Å². The molecule has 24 heavy (non-hydrogen) atoms. The molecule has 1 spiro atoms. The van der Waals surface area contributed by atoms with Crippen LogP contribution in [-0.2, 0) is 9.53 Å². The Morgan fingerprint density at radius 2 is 1.83 bits per heavy atom. The average molecular weight is 331 g/mol. The van der Waals surface area contributed by atoms with Crippen LogP contribution in [0.5, 0.6) is 5.75 Å². The number of amides is 1. The molecule has 1 aliphatic carbocycles. The molecule has 0 radical (unpaired) electrons. The number of benzene rings is 1. The maximum absolute atomic E-state index is 12.6. The van der Waals surface area contributed by atoms with Crippen LogP contribution in [0.1, 0.15) is 57.1 Å². The molecular weight excluding hydrogens is 306 g/mol. The lowest BCUT2D eigenvalue weighted by molar-refractivity contribution is -0.129. The molecule has 0 N–H and O–H groups in total. The van der Waals surface area contributed by atoms with Crippen molar-refractivity contribution in [2.45, 2.75) is 57.1 Å². The van der Waals surface area contributed by atoms with Crippen LogP contribution in [-0.4, -0.2) is 36.0 Å². The minimum absolute atomic E-state index is 0.00554. The summed E-state index contributed by atoms with van der Waals surface area (Å²) in [5.74, 6) is 1.09. The predicted octanol–water partition coefficient (Wildman–Crippen LogP) is 3.87. The molecule has 1 unspecified atom stereocenters. The minimum atomic E-state index is -0.417. The Labute approximate surface area is 142 Å². The third-order valence-corrected chi connectivity index (χ3v) is 5.33. The fourth-order valence-corrected chi connectivity index (χ4v) is 3.79. The van der Waals surface area contributed by atoms with Crippen molar-refractivity contribution < 1.29 is 19.1 Å². The smallest absolute Gasteiger partial charge is 0.410 e. The van der Waals surface area contributed by atoms with Gasteiger partial charge in [-0.05, 0) is 37.0 Å². The van der Waals surface area contributed by atoms with E-state index in [0.29, 0.717) is 32.2 Å². The Morgan fingerprint density at radius 1 is 1.17 bits per heavy atom. The SMILES string of the molecule is CCC(c1ccc(OC)cc1)N1CCC2(CCC(=O)CC2)OC1=O. The van der Waals surface area contributed by atoms with Crippen molar-refractivity contribution >= 4 is 11.9 Å². The van der Waals surface area contributed by atoms with Crippen molar-refractivity contribution in [1.82, 2.24) is 4.90 Å². The van der Waals surface area contributed by atoms with E-state index in [1.165, 1.54) is 0 Å². The van der Waals surface area contributed by atoms with E-state index in [2.05, 4.69) is 6.92 Å². The first kappa shape index (κ1) is 16.8. The van der Waals surface area contributed by atoms with Gasteiger partial charge in [-0.2, -0.15) is 0 Å². The van der Waals surface area contributed by atoms with Gasteiger partial charge in [-0.25, -0.2) is 4.79 Å². The molecule has 1 atom stereocenters. The quantitative estimate of drug-likeness (QED) is 0.840. The van der Waals surface area contributed by atoms with Crippen LogP contribution in [0, 0.1) is 0 Å². The summed E-state index contributed by atoms with van der Waals surface area (Å²) in [5.41, 5.74) is 0.671. The van der Waals surface area contributed by atoms with Crippen molar-refractivity contribution in [1.29, 1.82) is 0 Å². The zero-order valence-corrected chi connectivity index (χ0v) is 14.4. The summed E-state index contributed by atoms with van der Waals surface area (Å²) < 4.78 is 11.0. The number of nitrogens with zero attached hydrogens (tertiary/aromatic N) is 1. The van der Waals surface area contributed by atoms with Gasteiger partial charge in [-0.3, -0.25) is 4.79 Å². The normalized spacial score (nSPS) is 21.5. The van der Waals surface area contributed by atoms with Crippen molar-refractivity contribution in [3.8, 4) is 5.75 Å². The number of ketones is 1. The first-order valence-corrected chi connectivity index (χ1v) is 8.72. The van der Waals surface area contributed by atoms with E-state index in [1.807, 2.05) is 29.2 Å². The molecule has 3 rings (SSSR count). The summed E-state index contributed by atoms with van der Waals surface area (Å²) in [6.07, 6.45) is 3.78. The van der Waals surface area contributed by atoms with E-state index >= 15 is 0 Å². The average Bonchev–Trinajstić information content (AvgIpc) is 2.61. The number of hydrogen-bond donors (Lipinski definition) is 0. The summed E-state index contributed by atoms with van der Waals surface area (Å²) in [6, 6.07) is 7.85. The van der Waals surface area contributed by atoms with Crippen molar-refractivity contribution in [2.24, 2.45) is 0 Å². The molecule has 1 aliphatic heterocycles. The molecule has 1 aromatic carbocycles. The highest BCUT2D eigenvalue weighted by molar-refractivity contribution is 5.80. The molecule has 1 amide bonds. The van der Waals surface area contributed by atoms with Gasteiger partial charge < -0.3 is 14.4 Å². The van der Waals surface area contributed by atoms with E-state index in [1.54, 1.807) is 7.11 Å². The van der Waals surface area contributed by atoms with Crippen LogP contribution in [0.25, 0.3) is 0 Å². The Morgan fingerprint density at radius 3 is 2.38 bits per heavy atom. The molecule has 5 heteroatoms. The summed E-state index contributed by atoms with van der Waals surface area (Å²) in [4.78, 5) is 25.9. The van der Waals surface area contributed by atoms with Gasteiger partial charge >= 0.3 is 6.09 Å². The van der Waals surface area contributed by atoms with Gasteiger partial charge in [0, 0.05) is 25.8 Å². The van der Waals surface area contributed by atoms with Crippen LogP contribution in [0.4, 0.5) is 4.79 Å². The first-order chi connectivity index (χ1) is 11.6. The second-order valence-corrected chi connectivity index (χ2v) is 6.73. The van der Waals surface area contributed by atoms with E-state index in [4.69, 9.17) is 9.47 Å². The number of carbonyl (C=O) groups is 2. The molecular formula is C19H25NO4. The molecule has 5 nitrogen and oxygen atoms in total. The van der Waals surface area contributed by atoms with Crippen molar-refractivity contribution in [2.75, 3.05) is 13.7 Å². The zero-order valence-electron chi connectivity index (χ0n) is 14.4. The maximum atomic E-state index is 12.6. The Kier molecular flexibility index (Phi) is 4.78. The van der Waals surface area contributed by atoms with Crippen LogP contribution in [0.2, 0.25) is 0 Å². The lowest BCUT2D eigenvalue weighted by Gasteiger charge is -2.45. The largest absolute Gasteiger partial charge is 0.497 e. The summed E-state index contributed by atoms with van der Waals surface area (Å²) >= 11 is 0.